The summed E-state index contributed by atoms with van der Waals surface area (Å²) in [7, 11) is 0. The van der Waals surface area contributed by atoms with E-state index in [0.717, 1.165) is 23.9 Å². The summed E-state index contributed by atoms with van der Waals surface area (Å²) in [6.07, 6.45) is 3.83. The van der Waals surface area contributed by atoms with Crippen molar-refractivity contribution in [1.29, 1.82) is 0 Å². The van der Waals surface area contributed by atoms with Crippen LogP contribution in [-0.2, 0) is 4.74 Å². The van der Waals surface area contributed by atoms with E-state index >= 15 is 0 Å². The summed E-state index contributed by atoms with van der Waals surface area (Å²) >= 11 is 0. The molecule has 0 spiro atoms. The fourth-order valence-corrected chi connectivity index (χ4v) is 2.91. The van der Waals surface area contributed by atoms with Gasteiger partial charge in [-0.15, -0.1) is 5.10 Å². The fourth-order valence-electron chi connectivity index (χ4n) is 2.91. The van der Waals surface area contributed by atoms with Crippen molar-refractivity contribution < 1.29 is 9.53 Å². The molecule has 110 valence electrons. The van der Waals surface area contributed by atoms with Gasteiger partial charge < -0.3 is 10.5 Å². The van der Waals surface area contributed by atoms with Gasteiger partial charge in [0.25, 0.3) is 5.91 Å². The van der Waals surface area contributed by atoms with Crippen LogP contribution in [0.25, 0.3) is 11.0 Å². The Bertz CT molecular complexity index is 699. The summed E-state index contributed by atoms with van der Waals surface area (Å²) in [6.45, 7) is 1.26. The first-order valence-electron chi connectivity index (χ1n) is 7.51. The molecule has 6 heteroatoms. The predicted molar refractivity (Wildman–Crippen MR) is 78.1 cm³/mol. The number of nitrogens with two attached hydrogens (primary N) is 1. The lowest BCUT2D eigenvalue weighted by molar-refractivity contribution is 0.0479. The van der Waals surface area contributed by atoms with Crippen LogP contribution >= 0.6 is 0 Å². The average Bonchev–Trinajstić information content (AvgIpc) is 3.32. The number of carbonyl (C=O) groups is 1. The molecule has 1 saturated carbocycles. The van der Waals surface area contributed by atoms with E-state index in [0.29, 0.717) is 30.6 Å². The first-order chi connectivity index (χ1) is 10.2. The smallest absolute Gasteiger partial charge is 0.252 e. The predicted octanol–water partition coefficient (Wildman–Crippen LogP) is 1.96. The Labute approximate surface area is 122 Å². The highest BCUT2D eigenvalue weighted by Crippen LogP contribution is 2.39. The molecule has 0 atom stereocenters. The van der Waals surface area contributed by atoms with Crippen LogP contribution < -0.4 is 5.73 Å². The second-order valence-corrected chi connectivity index (χ2v) is 5.90. The zero-order valence-corrected chi connectivity index (χ0v) is 11.8. The van der Waals surface area contributed by atoms with E-state index < -0.39 is 0 Å². The molecule has 21 heavy (non-hydrogen) atoms. The van der Waals surface area contributed by atoms with Gasteiger partial charge in [0.05, 0.1) is 5.39 Å². The van der Waals surface area contributed by atoms with Crippen LogP contribution in [0.5, 0.6) is 0 Å². The number of hydrogen-bond donors (Lipinski definition) is 1. The molecule has 1 aliphatic heterocycles. The lowest BCUT2D eigenvalue weighted by Crippen LogP contribution is -2.28. The zero-order valence-electron chi connectivity index (χ0n) is 11.8. The first-order valence-corrected chi connectivity index (χ1v) is 7.51. The quantitative estimate of drug-likeness (QED) is 0.912. The van der Waals surface area contributed by atoms with Crippen LogP contribution in [0, 0.1) is 5.92 Å². The van der Waals surface area contributed by atoms with Crippen molar-refractivity contribution in [3.8, 4) is 0 Å². The number of carbonyl (C=O) groups excluding carboxylic acids is 1. The van der Waals surface area contributed by atoms with E-state index in [9.17, 15) is 4.79 Å². The lowest BCUT2D eigenvalue weighted by atomic mass is 10.00. The van der Waals surface area contributed by atoms with Crippen molar-refractivity contribution in [1.82, 2.24) is 14.8 Å². The normalized spacial score (nSPS) is 20.0. The minimum Gasteiger partial charge on any atom is -0.382 e. The summed E-state index contributed by atoms with van der Waals surface area (Å²) < 4.78 is 6.72. The van der Waals surface area contributed by atoms with E-state index in [1.54, 1.807) is 0 Å². The highest BCUT2D eigenvalue weighted by Gasteiger charge is 2.29. The molecule has 3 heterocycles. The minimum absolute atomic E-state index is 0.0135. The number of ether oxygens (including phenoxy) is 1. The summed E-state index contributed by atoms with van der Waals surface area (Å²) in [5, 5.41) is 4.99. The van der Waals surface area contributed by atoms with Gasteiger partial charge in [-0.3, -0.25) is 4.79 Å². The molecule has 4 rings (SSSR count). The topological polar surface area (TPSA) is 83.0 Å². The summed E-state index contributed by atoms with van der Waals surface area (Å²) in [5.74, 6) is 0.852. The Balaban J connectivity index is 1.76. The van der Waals surface area contributed by atoms with E-state index in [1.807, 2.05) is 12.1 Å². The molecule has 0 amide bonds. The van der Waals surface area contributed by atoms with Crippen LogP contribution in [0.4, 0.5) is 5.82 Å². The van der Waals surface area contributed by atoms with Gasteiger partial charge in [0.1, 0.15) is 0 Å². The number of aromatic nitrogens is 3. The second kappa shape index (κ2) is 4.80. The highest BCUT2D eigenvalue weighted by molar-refractivity contribution is 5.95. The number of hydrogen-bond acceptors (Lipinski definition) is 5. The Morgan fingerprint density at radius 2 is 2.00 bits per heavy atom. The third-order valence-corrected chi connectivity index (χ3v) is 4.36. The number of anilines is 1. The van der Waals surface area contributed by atoms with Crippen LogP contribution in [-0.4, -0.2) is 33.9 Å². The number of nitrogen functional groups attached to an aromatic ring is 1. The van der Waals surface area contributed by atoms with Crippen LogP contribution in [0.3, 0.4) is 0 Å². The zero-order chi connectivity index (χ0) is 14.4. The maximum atomic E-state index is 12.7. The monoisotopic (exact) mass is 286 g/mol. The SMILES string of the molecule is Nc1nn(C(=O)C2CCOCC2)c2nc(C3CC3)ccc12. The number of pyridine rings is 1. The van der Waals surface area contributed by atoms with Crippen molar-refractivity contribution in [2.75, 3.05) is 18.9 Å². The summed E-state index contributed by atoms with van der Waals surface area (Å²) in [4.78, 5) is 17.3. The van der Waals surface area contributed by atoms with Gasteiger partial charge in [-0.25, -0.2) is 4.98 Å². The van der Waals surface area contributed by atoms with Crippen LogP contribution in [0.2, 0.25) is 0 Å². The van der Waals surface area contributed by atoms with Crippen molar-refractivity contribution >= 4 is 22.8 Å². The van der Waals surface area contributed by atoms with Gasteiger partial charge in [0, 0.05) is 30.7 Å². The number of nitrogens with zero attached hydrogens (tertiary/aromatic N) is 3. The first kappa shape index (κ1) is 12.8. The molecule has 6 nitrogen and oxygen atoms in total. The largest absolute Gasteiger partial charge is 0.382 e. The number of rotatable bonds is 2. The molecule has 2 N–H and O–H groups in total. The average molecular weight is 286 g/mol. The lowest BCUT2D eigenvalue weighted by Gasteiger charge is -2.20. The van der Waals surface area contributed by atoms with Gasteiger partial charge in [0.15, 0.2) is 11.5 Å². The summed E-state index contributed by atoms with van der Waals surface area (Å²) in [6, 6.07) is 3.94. The Hall–Kier alpha value is -1.95. The second-order valence-electron chi connectivity index (χ2n) is 5.90. The van der Waals surface area contributed by atoms with E-state index in [2.05, 4.69) is 10.1 Å². The van der Waals surface area contributed by atoms with Crippen molar-refractivity contribution in [3.05, 3.63) is 17.8 Å². The molecule has 0 aromatic carbocycles. The Morgan fingerprint density at radius 3 is 2.71 bits per heavy atom. The van der Waals surface area contributed by atoms with Gasteiger partial charge in [-0.05, 0) is 37.8 Å². The van der Waals surface area contributed by atoms with E-state index in [4.69, 9.17) is 10.5 Å². The third kappa shape index (κ3) is 2.19. The molecule has 2 fully saturated rings. The molecule has 0 unspecified atom stereocenters. The molecule has 1 aliphatic carbocycles. The summed E-state index contributed by atoms with van der Waals surface area (Å²) in [5.41, 5.74) is 7.59. The fraction of sp³-hybridized carbons (Fsp3) is 0.533. The maximum Gasteiger partial charge on any atom is 0.252 e. The van der Waals surface area contributed by atoms with Crippen molar-refractivity contribution in [2.45, 2.75) is 31.6 Å². The molecule has 2 aliphatic rings. The molecule has 2 aromatic heterocycles. The van der Waals surface area contributed by atoms with Gasteiger partial charge in [-0.1, -0.05) is 0 Å². The molecule has 1 saturated heterocycles. The van der Waals surface area contributed by atoms with Gasteiger partial charge in [-0.2, -0.15) is 4.68 Å². The number of fused-ring (bicyclic) bond motifs is 1. The van der Waals surface area contributed by atoms with Gasteiger partial charge in [0.2, 0.25) is 0 Å². The molecular formula is C15H18N4O2. The molecule has 0 radical (unpaired) electrons. The van der Waals surface area contributed by atoms with Crippen LogP contribution in [0.15, 0.2) is 12.1 Å². The molecule has 2 aromatic rings. The third-order valence-electron chi connectivity index (χ3n) is 4.36. The molecular weight excluding hydrogens is 268 g/mol. The Morgan fingerprint density at radius 1 is 1.24 bits per heavy atom. The Kier molecular flexibility index (Phi) is 2.92. The van der Waals surface area contributed by atoms with Crippen molar-refractivity contribution in [3.63, 3.8) is 0 Å². The minimum atomic E-state index is -0.0485. The highest BCUT2D eigenvalue weighted by atomic mass is 16.5. The van der Waals surface area contributed by atoms with E-state index in [1.165, 1.54) is 17.5 Å². The molecule has 0 bridgehead atoms. The van der Waals surface area contributed by atoms with Gasteiger partial charge >= 0.3 is 0 Å². The van der Waals surface area contributed by atoms with E-state index in [-0.39, 0.29) is 11.8 Å². The van der Waals surface area contributed by atoms with Crippen LogP contribution in [0.1, 0.15) is 42.1 Å². The van der Waals surface area contributed by atoms with Crippen molar-refractivity contribution in [2.24, 2.45) is 5.92 Å². The standard InChI is InChI=1S/C15H18N4O2/c16-13-11-3-4-12(9-1-2-9)17-14(11)19(18-13)15(20)10-5-7-21-8-6-10/h3-4,9-10H,1-2,5-8H2,(H2,16,18). The maximum absolute atomic E-state index is 12.7.